The van der Waals surface area contributed by atoms with E-state index in [2.05, 4.69) is 56.0 Å². The van der Waals surface area contributed by atoms with E-state index in [1.807, 2.05) is 0 Å². The molecule has 2 heteroatoms. The summed E-state index contributed by atoms with van der Waals surface area (Å²) in [4.78, 5) is 2.66. The lowest BCUT2D eigenvalue weighted by Gasteiger charge is -2.42. The normalized spacial score (nSPS) is 26.6. The summed E-state index contributed by atoms with van der Waals surface area (Å²) in [6, 6.07) is 11.5. The third-order valence-electron chi connectivity index (χ3n) is 5.89. The molecule has 2 aliphatic rings. The van der Waals surface area contributed by atoms with Crippen molar-refractivity contribution >= 4 is 0 Å². The van der Waals surface area contributed by atoms with Gasteiger partial charge in [-0.15, -0.1) is 0 Å². The van der Waals surface area contributed by atoms with E-state index in [1.165, 1.54) is 44.3 Å². The third kappa shape index (κ3) is 3.55. The zero-order valence-corrected chi connectivity index (χ0v) is 14.4. The lowest BCUT2D eigenvalue weighted by Crippen LogP contribution is -2.48. The minimum Gasteiger partial charge on any atom is -0.371 e. The molecule has 122 valence electrons. The van der Waals surface area contributed by atoms with Gasteiger partial charge in [-0.2, -0.15) is 0 Å². The zero-order valence-electron chi connectivity index (χ0n) is 14.4. The van der Waals surface area contributed by atoms with E-state index in [0.717, 1.165) is 12.3 Å². The predicted molar refractivity (Wildman–Crippen MR) is 92.1 cm³/mol. The summed E-state index contributed by atoms with van der Waals surface area (Å²) in [6.07, 6.45) is 6.43. The van der Waals surface area contributed by atoms with Gasteiger partial charge in [0.25, 0.3) is 0 Å². The molecule has 0 aliphatic carbocycles. The summed E-state index contributed by atoms with van der Waals surface area (Å²) < 4.78 is 6.56. The first-order valence-electron chi connectivity index (χ1n) is 9.04. The smallest absolute Gasteiger partial charge is 0.0711 e. The Bertz CT molecular complexity index is 462. The van der Waals surface area contributed by atoms with Crippen molar-refractivity contribution in [2.75, 3.05) is 13.1 Å². The monoisotopic (exact) mass is 301 g/mol. The Labute approximate surface area is 135 Å². The van der Waals surface area contributed by atoms with Crippen LogP contribution in [0.3, 0.4) is 0 Å². The van der Waals surface area contributed by atoms with E-state index in [-0.39, 0.29) is 5.60 Å². The van der Waals surface area contributed by atoms with Crippen molar-refractivity contribution in [2.45, 2.75) is 70.6 Å². The maximum absolute atomic E-state index is 6.56. The second-order valence-corrected chi connectivity index (χ2v) is 7.67. The molecule has 0 N–H and O–H groups in total. The Kier molecular flexibility index (Phi) is 4.89. The molecule has 3 rings (SSSR count). The van der Waals surface area contributed by atoms with E-state index in [0.29, 0.717) is 12.1 Å². The number of piperidine rings is 1. The van der Waals surface area contributed by atoms with Crippen LogP contribution in [0.5, 0.6) is 0 Å². The number of hydrogen-bond acceptors (Lipinski definition) is 2. The molecule has 0 saturated carbocycles. The summed E-state index contributed by atoms with van der Waals surface area (Å²) in [5, 5.41) is 0. The van der Waals surface area contributed by atoms with E-state index in [1.54, 1.807) is 0 Å². The van der Waals surface area contributed by atoms with Gasteiger partial charge in [0, 0.05) is 19.1 Å². The number of benzene rings is 1. The van der Waals surface area contributed by atoms with Gasteiger partial charge in [-0.3, -0.25) is 0 Å². The van der Waals surface area contributed by atoms with Crippen molar-refractivity contribution in [1.82, 2.24) is 4.90 Å². The van der Waals surface area contributed by atoms with Crippen molar-refractivity contribution in [1.29, 1.82) is 0 Å². The van der Waals surface area contributed by atoms with Crippen LogP contribution < -0.4 is 0 Å². The first-order chi connectivity index (χ1) is 10.6. The SMILES string of the molecule is CC(C)C(C)N1CCC2(CCC(Cc3ccccc3)O2)CC1. The average molecular weight is 301 g/mol. The lowest BCUT2D eigenvalue weighted by atomic mass is 9.87. The topological polar surface area (TPSA) is 12.5 Å². The molecule has 2 unspecified atom stereocenters. The van der Waals surface area contributed by atoms with Gasteiger partial charge in [-0.05, 0) is 50.5 Å². The molecule has 2 fully saturated rings. The van der Waals surface area contributed by atoms with Crippen molar-refractivity contribution < 1.29 is 4.74 Å². The summed E-state index contributed by atoms with van der Waals surface area (Å²) in [7, 11) is 0. The fraction of sp³-hybridized carbons (Fsp3) is 0.700. The summed E-state index contributed by atoms with van der Waals surface area (Å²) in [5.74, 6) is 0.740. The van der Waals surface area contributed by atoms with E-state index < -0.39 is 0 Å². The summed E-state index contributed by atoms with van der Waals surface area (Å²) in [5.41, 5.74) is 1.60. The minimum atomic E-state index is 0.187. The van der Waals surface area contributed by atoms with E-state index >= 15 is 0 Å². The number of nitrogens with zero attached hydrogens (tertiary/aromatic N) is 1. The Hall–Kier alpha value is -0.860. The molecule has 2 nitrogen and oxygen atoms in total. The first-order valence-corrected chi connectivity index (χ1v) is 9.04. The Morgan fingerprint density at radius 1 is 1.09 bits per heavy atom. The Morgan fingerprint density at radius 2 is 1.77 bits per heavy atom. The van der Waals surface area contributed by atoms with E-state index in [4.69, 9.17) is 4.74 Å². The maximum atomic E-state index is 6.56. The van der Waals surface area contributed by atoms with Crippen LogP contribution in [0.25, 0.3) is 0 Å². The Balaban J connectivity index is 1.52. The number of likely N-dealkylation sites (tertiary alicyclic amines) is 1. The van der Waals surface area contributed by atoms with Gasteiger partial charge in [0.2, 0.25) is 0 Å². The maximum Gasteiger partial charge on any atom is 0.0711 e. The molecule has 1 aromatic carbocycles. The molecule has 0 aromatic heterocycles. The molecular weight excluding hydrogens is 270 g/mol. The average Bonchev–Trinajstić information content (AvgIpc) is 2.91. The van der Waals surface area contributed by atoms with Gasteiger partial charge in [0.05, 0.1) is 11.7 Å². The quantitative estimate of drug-likeness (QED) is 0.822. The molecular formula is C20H31NO. The van der Waals surface area contributed by atoms with Crippen LogP contribution in [0.1, 0.15) is 52.0 Å². The largest absolute Gasteiger partial charge is 0.371 e. The van der Waals surface area contributed by atoms with Gasteiger partial charge in [-0.1, -0.05) is 44.2 Å². The summed E-state index contributed by atoms with van der Waals surface area (Å²) in [6.45, 7) is 9.44. The second-order valence-electron chi connectivity index (χ2n) is 7.67. The van der Waals surface area contributed by atoms with Crippen molar-refractivity contribution in [3.8, 4) is 0 Å². The van der Waals surface area contributed by atoms with Gasteiger partial charge >= 0.3 is 0 Å². The highest BCUT2D eigenvalue weighted by atomic mass is 16.5. The van der Waals surface area contributed by atoms with Crippen molar-refractivity contribution in [3.63, 3.8) is 0 Å². The fourth-order valence-corrected chi connectivity index (χ4v) is 4.04. The van der Waals surface area contributed by atoms with Crippen LogP contribution in [0.15, 0.2) is 30.3 Å². The molecule has 2 heterocycles. The van der Waals surface area contributed by atoms with Crippen molar-refractivity contribution in [2.24, 2.45) is 5.92 Å². The molecule has 2 saturated heterocycles. The van der Waals surface area contributed by atoms with Gasteiger partial charge < -0.3 is 9.64 Å². The van der Waals surface area contributed by atoms with Gasteiger partial charge in [0.15, 0.2) is 0 Å². The first kappa shape index (κ1) is 16.0. The molecule has 0 radical (unpaired) electrons. The fourth-order valence-electron chi connectivity index (χ4n) is 4.04. The van der Waals surface area contributed by atoms with E-state index in [9.17, 15) is 0 Å². The lowest BCUT2D eigenvalue weighted by molar-refractivity contribution is -0.0827. The predicted octanol–water partition coefficient (Wildman–Crippen LogP) is 4.29. The zero-order chi connectivity index (χ0) is 15.6. The van der Waals surface area contributed by atoms with Crippen LogP contribution in [0.2, 0.25) is 0 Å². The highest BCUT2D eigenvalue weighted by molar-refractivity contribution is 5.16. The molecule has 0 bridgehead atoms. The highest BCUT2D eigenvalue weighted by Gasteiger charge is 2.42. The van der Waals surface area contributed by atoms with Crippen LogP contribution >= 0.6 is 0 Å². The second kappa shape index (κ2) is 6.72. The molecule has 1 aromatic rings. The van der Waals surface area contributed by atoms with Crippen molar-refractivity contribution in [3.05, 3.63) is 35.9 Å². The van der Waals surface area contributed by atoms with Crippen LogP contribution in [0, 0.1) is 5.92 Å². The van der Waals surface area contributed by atoms with Crippen LogP contribution in [-0.2, 0) is 11.2 Å². The molecule has 2 aliphatic heterocycles. The standard InChI is InChI=1S/C20H31NO/c1-16(2)17(3)21-13-11-20(12-14-21)10-9-19(22-20)15-18-7-5-4-6-8-18/h4-8,16-17,19H,9-15H2,1-3H3. The minimum absolute atomic E-state index is 0.187. The van der Waals surface area contributed by atoms with Gasteiger partial charge in [-0.25, -0.2) is 0 Å². The number of ether oxygens (including phenoxy) is 1. The molecule has 1 spiro atoms. The molecule has 0 amide bonds. The highest BCUT2D eigenvalue weighted by Crippen LogP contribution is 2.40. The molecule has 2 atom stereocenters. The number of rotatable bonds is 4. The van der Waals surface area contributed by atoms with Crippen LogP contribution in [0.4, 0.5) is 0 Å². The van der Waals surface area contributed by atoms with Crippen LogP contribution in [-0.4, -0.2) is 35.7 Å². The number of hydrogen-bond donors (Lipinski definition) is 0. The van der Waals surface area contributed by atoms with Gasteiger partial charge in [0.1, 0.15) is 0 Å². The third-order valence-corrected chi connectivity index (χ3v) is 5.89. The summed E-state index contributed by atoms with van der Waals surface area (Å²) >= 11 is 0. The molecule has 22 heavy (non-hydrogen) atoms. The Morgan fingerprint density at radius 3 is 2.41 bits per heavy atom.